The predicted molar refractivity (Wildman–Crippen MR) is 77.5 cm³/mol. The van der Waals surface area contributed by atoms with Crippen LogP contribution in [0.1, 0.15) is 90.9 Å². The summed E-state index contributed by atoms with van der Waals surface area (Å²) in [6.45, 7) is 4.61. The predicted octanol–water partition coefficient (Wildman–Crippen LogP) is 5.05. The number of rotatable bonds is 3. The minimum Gasteiger partial charge on any atom is -0.312 e. The molecule has 1 saturated carbocycles. The lowest BCUT2D eigenvalue weighted by Crippen LogP contribution is -2.36. The molecule has 1 atom stereocenters. The van der Waals surface area contributed by atoms with Gasteiger partial charge in [0.05, 0.1) is 0 Å². The first-order chi connectivity index (χ1) is 8.33. The topological polar surface area (TPSA) is 12.0 Å². The number of hydrogen-bond acceptors (Lipinski definition) is 1. The molecule has 1 N–H and O–H groups in total. The van der Waals surface area contributed by atoms with Crippen molar-refractivity contribution >= 4 is 0 Å². The van der Waals surface area contributed by atoms with Crippen LogP contribution in [-0.4, -0.2) is 12.1 Å². The molecule has 0 saturated heterocycles. The van der Waals surface area contributed by atoms with Crippen LogP contribution in [0.3, 0.4) is 0 Å². The Kier molecular flexibility index (Phi) is 8.78. The van der Waals surface area contributed by atoms with Crippen LogP contribution in [0.15, 0.2) is 0 Å². The molecule has 1 unspecified atom stereocenters. The van der Waals surface area contributed by atoms with Gasteiger partial charge in [0.1, 0.15) is 0 Å². The second kappa shape index (κ2) is 9.94. The van der Waals surface area contributed by atoms with Gasteiger partial charge in [-0.25, -0.2) is 0 Å². The van der Waals surface area contributed by atoms with Crippen molar-refractivity contribution in [2.24, 2.45) is 0 Å². The van der Waals surface area contributed by atoms with E-state index in [1.165, 1.54) is 77.0 Å². The average molecular weight is 239 g/mol. The first kappa shape index (κ1) is 15.0. The lowest BCUT2D eigenvalue weighted by atomic mass is 9.97. The van der Waals surface area contributed by atoms with Gasteiger partial charge < -0.3 is 5.32 Å². The van der Waals surface area contributed by atoms with Crippen molar-refractivity contribution in [3.63, 3.8) is 0 Å². The van der Waals surface area contributed by atoms with Crippen molar-refractivity contribution in [2.45, 2.75) is 103 Å². The largest absolute Gasteiger partial charge is 0.312 e. The Bertz CT molecular complexity index is 155. The maximum absolute atomic E-state index is 3.82. The highest BCUT2D eigenvalue weighted by Crippen LogP contribution is 2.17. The lowest BCUT2D eigenvalue weighted by molar-refractivity contribution is 0.367. The van der Waals surface area contributed by atoms with Gasteiger partial charge in [0, 0.05) is 12.1 Å². The first-order valence-electron chi connectivity index (χ1n) is 8.09. The van der Waals surface area contributed by atoms with Crippen LogP contribution < -0.4 is 5.32 Å². The van der Waals surface area contributed by atoms with Crippen LogP contribution in [0.25, 0.3) is 0 Å². The second-order valence-corrected chi connectivity index (χ2v) is 5.93. The molecule has 0 aliphatic heterocycles. The minimum atomic E-state index is 0.702. The summed E-state index contributed by atoms with van der Waals surface area (Å²) in [4.78, 5) is 0. The molecule has 1 rings (SSSR count). The van der Waals surface area contributed by atoms with Gasteiger partial charge in [-0.1, -0.05) is 64.7 Å². The SMILES string of the molecule is CCC(C)NC1CCCCCCCCCCC1. The monoisotopic (exact) mass is 239 g/mol. The summed E-state index contributed by atoms with van der Waals surface area (Å²) in [5, 5.41) is 3.82. The van der Waals surface area contributed by atoms with E-state index in [1.54, 1.807) is 0 Å². The highest BCUT2D eigenvalue weighted by Gasteiger charge is 2.11. The van der Waals surface area contributed by atoms with Crippen molar-refractivity contribution in [3.05, 3.63) is 0 Å². The summed E-state index contributed by atoms with van der Waals surface area (Å²) in [6, 6.07) is 1.50. The summed E-state index contributed by atoms with van der Waals surface area (Å²) in [5.41, 5.74) is 0. The molecule has 0 spiro atoms. The van der Waals surface area contributed by atoms with Crippen LogP contribution in [0.4, 0.5) is 0 Å². The van der Waals surface area contributed by atoms with Gasteiger partial charge in [0.2, 0.25) is 0 Å². The van der Waals surface area contributed by atoms with E-state index >= 15 is 0 Å². The summed E-state index contributed by atoms with van der Waals surface area (Å²) in [6.07, 6.45) is 17.2. The highest BCUT2D eigenvalue weighted by molar-refractivity contribution is 4.71. The molecule has 0 bridgehead atoms. The van der Waals surface area contributed by atoms with Crippen molar-refractivity contribution in [2.75, 3.05) is 0 Å². The minimum absolute atomic E-state index is 0.702. The quantitative estimate of drug-likeness (QED) is 0.727. The van der Waals surface area contributed by atoms with E-state index in [0.29, 0.717) is 6.04 Å². The van der Waals surface area contributed by atoms with E-state index in [4.69, 9.17) is 0 Å². The van der Waals surface area contributed by atoms with Crippen molar-refractivity contribution in [1.29, 1.82) is 0 Å². The summed E-state index contributed by atoms with van der Waals surface area (Å²) in [7, 11) is 0. The Balaban J connectivity index is 2.26. The van der Waals surface area contributed by atoms with Gasteiger partial charge in [0.15, 0.2) is 0 Å². The van der Waals surface area contributed by atoms with E-state index in [9.17, 15) is 0 Å². The van der Waals surface area contributed by atoms with Gasteiger partial charge in [-0.15, -0.1) is 0 Å². The Morgan fingerprint density at radius 2 is 1.24 bits per heavy atom. The molecular weight excluding hydrogens is 206 g/mol. The molecule has 0 amide bonds. The number of nitrogens with one attached hydrogen (secondary N) is 1. The molecule has 1 nitrogen and oxygen atoms in total. The molecule has 102 valence electrons. The Labute approximate surface area is 109 Å². The molecule has 0 aromatic heterocycles. The lowest BCUT2D eigenvalue weighted by Gasteiger charge is -2.23. The standard InChI is InChI=1S/C16H33N/c1-3-15(2)17-16-13-11-9-7-5-4-6-8-10-12-14-16/h15-17H,3-14H2,1-2H3. The first-order valence-corrected chi connectivity index (χ1v) is 8.09. The van der Waals surface area contributed by atoms with Crippen LogP contribution in [0, 0.1) is 0 Å². The third kappa shape index (κ3) is 7.81. The van der Waals surface area contributed by atoms with Gasteiger partial charge in [-0.3, -0.25) is 0 Å². The van der Waals surface area contributed by atoms with Crippen LogP contribution in [0.2, 0.25) is 0 Å². The zero-order valence-electron chi connectivity index (χ0n) is 12.1. The third-order valence-electron chi connectivity index (χ3n) is 4.24. The smallest absolute Gasteiger partial charge is 0.00695 e. The van der Waals surface area contributed by atoms with Crippen LogP contribution >= 0.6 is 0 Å². The fourth-order valence-corrected chi connectivity index (χ4v) is 2.85. The molecule has 17 heavy (non-hydrogen) atoms. The van der Waals surface area contributed by atoms with E-state index in [1.807, 2.05) is 0 Å². The van der Waals surface area contributed by atoms with Gasteiger partial charge >= 0.3 is 0 Å². The van der Waals surface area contributed by atoms with E-state index < -0.39 is 0 Å². The highest BCUT2D eigenvalue weighted by atomic mass is 14.9. The molecule has 0 aromatic rings. The summed E-state index contributed by atoms with van der Waals surface area (Å²) in [5.74, 6) is 0. The van der Waals surface area contributed by atoms with Crippen LogP contribution in [-0.2, 0) is 0 Å². The fraction of sp³-hybridized carbons (Fsp3) is 1.00. The molecule has 1 heteroatoms. The Morgan fingerprint density at radius 3 is 1.65 bits per heavy atom. The zero-order chi connectivity index (χ0) is 12.3. The molecule has 1 fully saturated rings. The molecule has 1 aliphatic carbocycles. The average Bonchev–Trinajstić information content (AvgIpc) is 2.32. The summed E-state index contributed by atoms with van der Waals surface area (Å²) < 4.78 is 0. The van der Waals surface area contributed by atoms with E-state index in [-0.39, 0.29) is 0 Å². The summed E-state index contributed by atoms with van der Waals surface area (Å²) >= 11 is 0. The fourth-order valence-electron chi connectivity index (χ4n) is 2.85. The normalized spacial score (nSPS) is 23.6. The van der Waals surface area contributed by atoms with E-state index in [0.717, 1.165) is 6.04 Å². The second-order valence-electron chi connectivity index (χ2n) is 5.93. The van der Waals surface area contributed by atoms with Gasteiger partial charge in [-0.05, 0) is 26.2 Å². The van der Waals surface area contributed by atoms with Gasteiger partial charge in [0.25, 0.3) is 0 Å². The van der Waals surface area contributed by atoms with Crippen molar-refractivity contribution in [1.82, 2.24) is 5.32 Å². The van der Waals surface area contributed by atoms with Gasteiger partial charge in [-0.2, -0.15) is 0 Å². The van der Waals surface area contributed by atoms with Crippen molar-refractivity contribution in [3.8, 4) is 0 Å². The molecule has 0 radical (unpaired) electrons. The number of hydrogen-bond donors (Lipinski definition) is 1. The maximum atomic E-state index is 3.82. The maximum Gasteiger partial charge on any atom is 0.00695 e. The Morgan fingerprint density at radius 1 is 0.824 bits per heavy atom. The molecule has 1 aliphatic rings. The van der Waals surface area contributed by atoms with Crippen LogP contribution in [0.5, 0.6) is 0 Å². The van der Waals surface area contributed by atoms with E-state index in [2.05, 4.69) is 19.2 Å². The molecule has 0 aromatic carbocycles. The van der Waals surface area contributed by atoms with Crippen molar-refractivity contribution < 1.29 is 0 Å². The molecule has 0 heterocycles. The third-order valence-corrected chi connectivity index (χ3v) is 4.24. The Hall–Kier alpha value is -0.0400. The molecular formula is C16H33N. The zero-order valence-corrected chi connectivity index (χ0v) is 12.1.